The highest BCUT2D eigenvalue weighted by Gasteiger charge is 2.43. The maximum absolute atomic E-state index is 13.0. The molecule has 54 heavy (non-hydrogen) atoms. The highest BCUT2D eigenvalue weighted by atomic mass is 16.2. The quantitative estimate of drug-likeness (QED) is 0.146. The Labute approximate surface area is 316 Å². The third-order valence-corrected chi connectivity index (χ3v) is 9.87. The van der Waals surface area contributed by atoms with Crippen molar-refractivity contribution in [3.8, 4) is 11.1 Å². The number of pyridine rings is 1. The lowest BCUT2D eigenvalue weighted by Crippen LogP contribution is -2.60. The highest BCUT2D eigenvalue weighted by molar-refractivity contribution is 6.39. The first-order valence-corrected chi connectivity index (χ1v) is 17.9. The molecule has 4 aromatic heterocycles. The summed E-state index contributed by atoms with van der Waals surface area (Å²) < 4.78 is 2.10. The second-order valence-corrected chi connectivity index (χ2v) is 13.5. The minimum atomic E-state index is -1.38. The van der Waals surface area contributed by atoms with Gasteiger partial charge in [-0.25, -0.2) is 15.0 Å². The second-order valence-electron chi connectivity index (χ2n) is 13.5. The zero-order chi connectivity index (χ0) is 38.3. The van der Waals surface area contributed by atoms with Crippen LogP contribution < -0.4 is 26.2 Å². The Kier molecular flexibility index (Phi) is 9.83. The van der Waals surface area contributed by atoms with Gasteiger partial charge in [-0.05, 0) is 50.7 Å². The number of carbonyl (C=O) groups is 2. The fourth-order valence-electron chi connectivity index (χ4n) is 7.25. The van der Waals surface area contributed by atoms with Gasteiger partial charge < -0.3 is 31.1 Å². The standard InChI is InChI=1S/C37H41B2N13O2/c1-7-28-34-24(17-42-52(34)22-18-51(19-22)37(38,39)29-14-10-13-26(46-29)35(53)41-8-2)23-11-9-12-25(33(23)50(28)6)45-27-16-31(48-49-32(27)36(54)40-5)47-30-15-20(3)43-21(4)44-30/h9-17,22,28H,7-8,18-19H2,1-6H3,(H,40,54)(H,41,53)(H2,43,44,45,47,48). The molecule has 1 saturated heterocycles. The largest absolute Gasteiger partial charge is 0.364 e. The summed E-state index contributed by atoms with van der Waals surface area (Å²) in [6.45, 7) is 9.30. The van der Waals surface area contributed by atoms with Crippen molar-refractivity contribution in [3.63, 3.8) is 0 Å². The predicted octanol–water partition coefficient (Wildman–Crippen LogP) is 3.64. The van der Waals surface area contributed by atoms with Crippen molar-refractivity contribution >= 4 is 56.2 Å². The Morgan fingerprint density at radius 3 is 2.41 bits per heavy atom. The Bertz CT molecular complexity index is 2220. The van der Waals surface area contributed by atoms with Crippen LogP contribution in [0.25, 0.3) is 11.1 Å². The van der Waals surface area contributed by atoms with E-state index in [4.69, 9.17) is 20.8 Å². The van der Waals surface area contributed by atoms with Gasteiger partial charge in [-0.3, -0.25) is 14.3 Å². The molecule has 2 amide bonds. The number of hydrogen-bond acceptors (Lipinski definition) is 12. The molecular formula is C37H41B2N13O2. The first-order chi connectivity index (χ1) is 25.9. The van der Waals surface area contributed by atoms with Crippen molar-refractivity contribution in [2.75, 3.05) is 49.3 Å². The summed E-state index contributed by atoms with van der Waals surface area (Å²) >= 11 is 0. The van der Waals surface area contributed by atoms with Crippen molar-refractivity contribution in [2.24, 2.45) is 0 Å². The summed E-state index contributed by atoms with van der Waals surface area (Å²) in [6, 6.07) is 14.7. The molecule has 5 aromatic rings. The van der Waals surface area contributed by atoms with Crippen LogP contribution in [0.4, 0.5) is 28.7 Å². The number of nitrogens with zero attached hydrogens (tertiary/aromatic N) is 9. The smallest absolute Gasteiger partial charge is 0.273 e. The van der Waals surface area contributed by atoms with Crippen LogP contribution in [0.15, 0.2) is 54.7 Å². The lowest BCUT2D eigenvalue weighted by Gasteiger charge is -2.50. The molecule has 1 aromatic carbocycles. The number of fused-ring (bicyclic) bond motifs is 3. The lowest BCUT2D eigenvalue weighted by atomic mass is 9.57. The van der Waals surface area contributed by atoms with Crippen LogP contribution in [-0.4, -0.2) is 101 Å². The summed E-state index contributed by atoms with van der Waals surface area (Å²) in [5.74, 6) is 0.952. The Morgan fingerprint density at radius 2 is 1.69 bits per heavy atom. The number of likely N-dealkylation sites (tertiary alicyclic amines) is 1. The molecule has 1 atom stereocenters. The van der Waals surface area contributed by atoms with E-state index < -0.39 is 5.34 Å². The minimum Gasteiger partial charge on any atom is -0.364 e. The molecule has 2 aliphatic heterocycles. The number of rotatable bonds is 11. The molecule has 1 fully saturated rings. The Morgan fingerprint density at radius 1 is 0.907 bits per heavy atom. The van der Waals surface area contributed by atoms with Gasteiger partial charge in [0.1, 0.15) is 17.3 Å². The molecule has 15 nitrogen and oxygen atoms in total. The average Bonchev–Trinajstić information content (AvgIpc) is 3.55. The van der Waals surface area contributed by atoms with E-state index in [0.717, 1.165) is 40.3 Å². The number of anilines is 5. The van der Waals surface area contributed by atoms with E-state index in [0.29, 0.717) is 48.5 Å². The summed E-state index contributed by atoms with van der Waals surface area (Å²) in [5, 5.41) is 24.2. The number of para-hydroxylation sites is 1. The molecule has 2 aliphatic rings. The third-order valence-electron chi connectivity index (χ3n) is 9.87. The number of carbonyl (C=O) groups excluding carboxylic acids is 2. The van der Waals surface area contributed by atoms with Gasteiger partial charge in [-0.15, -0.1) is 10.2 Å². The molecule has 4 radical (unpaired) electrons. The van der Waals surface area contributed by atoms with Crippen LogP contribution in [0, 0.1) is 13.8 Å². The first kappa shape index (κ1) is 36.5. The van der Waals surface area contributed by atoms with E-state index in [-0.39, 0.29) is 35.3 Å². The van der Waals surface area contributed by atoms with E-state index >= 15 is 0 Å². The SMILES string of the molecule is [B]C([B])(c1cccc(C(=O)NCC)n1)N1CC(n2ncc3c2C(CC)N(C)c2c(Nc4cc(Nc5cc(C)nc(C)n5)nnc4C(=O)NC)cccc2-3)C1. The van der Waals surface area contributed by atoms with Gasteiger partial charge in [0.15, 0.2) is 11.5 Å². The van der Waals surface area contributed by atoms with Crippen LogP contribution in [-0.2, 0) is 5.34 Å². The minimum absolute atomic E-state index is 0.0154. The number of benzene rings is 1. The van der Waals surface area contributed by atoms with Gasteiger partial charge in [0.25, 0.3) is 11.8 Å². The predicted molar refractivity (Wildman–Crippen MR) is 209 cm³/mol. The maximum atomic E-state index is 13.0. The van der Waals surface area contributed by atoms with E-state index in [9.17, 15) is 9.59 Å². The molecule has 1 unspecified atom stereocenters. The number of aryl methyl sites for hydroxylation is 2. The molecule has 4 N–H and O–H groups in total. The van der Waals surface area contributed by atoms with Crippen LogP contribution in [0.3, 0.4) is 0 Å². The van der Waals surface area contributed by atoms with Gasteiger partial charge >= 0.3 is 0 Å². The van der Waals surface area contributed by atoms with Crippen molar-refractivity contribution in [1.29, 1.82) is 0 Å². The highest BCUT2D eigenvalue weighted by Crippen LogP contribution is 2.50. The molecule has 7 rings (SSSR count). The van der Waals surface area contributed by atoms with Crippen molar-refractivity contribution in [3.05, 3.63) is 89.0 Å². The van der Waals surface area contributed by atoms with Crippen molar-refractivity contribution < 1.29 is 9.59 Å². The molecule has 0 bridgehead atoms. The van der Waals surface area contributed by atoms with Gasteiger partial charge in [-0.1, -0.05) is 25.1 Å². The molecule has 17 heteroatoms. The van der Waals surface area contributed by atoms with E-state index in [1.165, 1.54) is 0 Å². The molecule has 0 saturated carbocycles. The molecule has 6 heterocycles. The topological polar surface area (TPSA) is 171 Å². The summed E-state index contributed by atoms with van der Waals surface area (Å²) in [7, 11) is 17.0. The van der Waals surface area contributed by atoms with Crippen molar-refractivity contribution in [1.82, 2.24) is 50.5 Å². The van der Waals surface area contributed by atoms with Crippen molar-refractivity contribution in [2.45, 2.75) is 51.5 Å². The van der Waals surface area contributed by atoms with Gasteiger partial charge in [-0.2, -0.15) is 5.10 Å². The van der Waals surface area contributed by atoms with Crippen LogP contribution in [0.2, 0.25) is 0 Å². The van der Waals surface area contributed by atoms with Gasteiger partial charge in [0, 0.05) is 68.4 Å². The third kappa shape index (κ3) is 6.63. The number of amides is 2. The van der Waals surface area contributed by atoms with E-state index in [2.05, 4.69) is 76.0 Å². The average molecular weight is 721 g/mol. The maximum Gasteiger partial charge on any atom is 0.273 e. The van der Waals surface area contributed by atoms with Crippen LogP contribution in [0.1, 0.15) is 76.2 Å². The fourth-order valence-corrected chi connectivity index (χ4v) is 7.25. The van der Waals surface area contributed by atoms with E-state index in [1.54, 1.807) is 31.3 Å². The number of nitrogens with one attached hydrogen (secondary N) is 4. The fraction of sp³-hybridized carbons (Fsp3) is 0.351. The molecule has 0 spiro atoms. The zero-order valence-electron chi connectivity index (χ0n) is 31.2. The summed E-state index contributed by atoms with van der Waals surface area (Å²) in [6.07, 6.45) is 2.73. The van der Waals surface area contributed by atoms with E-state index in [1.807, 2.05) is 50.1 Å². The summed E-state index contributed by atoms with van der Waals surface area (Å²) in [5.41, 5.74) is 6.98. The molecule has 0 aliphatic carbocycles. The van der Waals surface area contributed by atoms with Crippen LogP contribution in [0.5, 0.6) is 0 Å². The normalized spacial score (nSPS) is 15.5. The Hall–Kier alpha value is -5.83. The molecular weight excluding hydrogens is 680 g/mol. The first-order valence-electron chi connectivity index (χ1n) is 17.9. The summed E-state index contributed by atoms with van der Waals surface area (Å²) in [4.78, 5) is 42.9. The zero-order valence-corrected chi connectivity index (χ0v) is 31.2. The number of hydrogen-bond donors (Lipinski definition) is 4. The second kappa shape index (κ2) is 14.5. The monoisotopic (exact) mass is 721 g/mol. The lowest BCUT2D eigenvalue weighted by molar-refractivity contribution is 0.0613. The van der Waals surface area contributed by atoms with Crippen LogP contribution >= 0.6 is 0 Å². The Balaban J connectivity index is 1.18. The van der Waals surface area contributed by atoms with Gasteiger partial charge in [0.2, 0.25) is 0 Å². The van der Waals surface area contributed by atoms with Gasteiger partial charge in [0.05, 0.1) is 56.7 Å². The number of aromatic nitrogens is 7. The molecule has 272 valence electrons.